The van der Waals surface area contributed by atoms with E-state index in [0.29, 0.717) is 3.57 Å². The van der Waals surface area contributed by atoms with Gasteiger partial charge in [-0.1, -0.05) is 0 Å². The number of carbonyl (C=O) groups excluding carboxylic acids is 1. The third-order valence-electron chi connectivity index (χ3n) is 4.60. The Balaban J connectivity index is 1.85. The Morgan fingerprint density at radius 3 is 2.52 bits per heavy atom. The second-order valence-electron chi connectivity index (χ2n) is 6.96. The lowest BCUT2D eigenvalue weighted by atomic mass is 9.87. The highest BCUT2D eigenvalue weighted by Gasteiger charge is 2.45. The fraction of sp³-hybridized carbons (Fsp3) is 0.316. The zero-order valence-electron chi connectivity index (χ0n) is 15.0. The molecule has 0 radical (unpaired) electrons. The summed E-state index contributed by atoms with van der Waals surface area (Å²) in [4.78, 5) is 13.9. The first-order valence-electron chi connectivity index (χ1n) is 8.64. The van der Waals surface area contributed by atoms with Crippen LogP contribution in [-0.2, 0) is 0 Å². The van der Waals surface area contributed by atoms with Gasteiger partial charge in [-0.3, -0.25) is 4.79 Å². The van der Waals surface area contributed by atoms with Gasteiger partial charge in [-0.05, 0) is 52.9 Å². The van der Waals surface area contributed by atoms with Crippen LogP contribution in [0.4, 0.5) is 24.5 Å². The normalized spacial score (nSPS) is 16.3. The molecule has 0 saturated carbocycles. The topological polar surface area (TPSA) is 93.0 Å². The van der Waals surface area contributed by atoms with Crippen molar-refractivity contribution >= 4 is 39.9 Å². The van der Waals surface area contributed by atoms with Crippen molar-refractivity contribution in [2.75, 3.05) is 25.0 Å². The molecule has 1 aliphatic heterocycles. The highest BCUT2D eigenvalue weighted by atomic mass is 127. The molecule has 0 aromatic heterocycles. The Kier molecular flexibility index (Phi) is 6.36. The number of halogens is 4. The van der Waals surface area contributed by atoms with Crippen LogP contribution < -0.4 is 5.32 Å². The molecule has 1 fully saturated rings. The van der Waals surface area contributed by atoms with Gasteiger partial charge in [0.15, 0.2) is 11.6 Å². The minimum Gasteiger partial charge on any atom is -0.394 e. The van der Waals surface area contributed by atoms with Gasteiger partial charge in [-0.25, -0.2) is 13.2 Å². The van der Waals surface area contributed by atoms with Crippen LogP contribution in [0.1, 0.15) is 16.8 Å². The third kappa shape index (κ3) is 4.65. The molecule has 156 valence electrons. The zero-order valence-corrected chi connectivity index (χ0v) is 17.2. The van der Waals surface area contributed by atoms with Crippen molar-refractivity contribution in [1.29, 1.82) is 0 Å². The molecule has 1 amide bonds. The Hall–Kier alpha value is -1.89. The number of hydrogen-bond acceptors (Lipinski definition) is 5. The number of hydrogen-bond donors (Lipinski definition) is 4. The summed E-state index contributed by atoms with van der Waals surface area (Å²) in [6, 6.07) is 5.97. The molecule has 0 bridgehead atoms. The molecule has 4 N–H and O–H groups in total. The van der Waals surface area contributed by atoms with E-state index in [0.717, 1.165) is 12.1 Å². The van der Waals surface area contributed by atoms with E-state index >= 15 is 0 Å². The van der Waals surface area contributed by atoms with Gasteiger partial charge in [0.2, 0.25) is 0 Å². The fourth-order valence-electron chi connectivity index (χ4n) is 3.19. The summed E-state index contributed by atoms with van der Waals surface area (Å²) in [5.41, 5.74) is -2.26. The molecule has 2 aromatic carbocycles. The van der Waals surface area contributed by atoms with E-state index in [2.05, 4.69) is 5.32 Å². The highest BCUT2D eigenvalue weighted by Crippen LogP contribution is 2.33. The minimum atomic E-state index is -1.38. The number of carbonyl (C=O) groups is 1. The summed E-state index contributed by atoms with van der Waals surface area (Å²) >= 11 is 1.90. The standard InChI is InChI=1S/C19H18F3IN2O4/c20-13-3-2-12(18(28)25-8-19(29,9-25)6-11(27)7-26)17(16(13)22)24-15-4-1-10(23)5-14(15)21/h1-5,11,24,26-27,29H,6-9H2. The van der Waals surface area contributed by atoms with Crippen LogP contribution in [0.5, 0.6) is 0 Å². The van der Waals surface area contributed by atoms with Crippen LogP contribution in [0.25, 0.3) is 0 Å². The second kappa shape index (κ2) is 8.46. The van der Waals surface area contributed by atoms with Gasteiger partial charge in [0.1, 0.15) is 11.4 Å². The molecule has 1 unspecified atom stereocenters. The molecular weight excluding hydrogens is 504 g/mol. The summed E-state index contributed by atoms with van der Waals surface area (Å²) < 4.78 is 42.9. The van der Waals surface area contributed by atoms with Gasteiger partial charge in [0.05, 0.1) is 42.7 Å². The lowest BCUT2D eigenvalue weighted by Crippen LogP contribution is -2.64. The van der Waals surface area contributed by atoms with Gasteiger partial charge in [-0.2, -0.15) is 0 Å². The predicted molar refractivity (Wildman–Crippen MR) is 107 cm³/mol. The van der Waals surface area contributed by atoms with Crippen molar-refractivity contribution in [2.24, 2.45) is 0 Å². The molecule has 1 heterocycles. The van der Waals surface area contributed by atoms with E-state index in [4.69, 9.17) is 5.11 Å². The van der Waals surface area contributed by atoms with Crippen molar-refractivity contribution in [3.63, 3.8) is 0 Å². The zero-order chi connectivity index (χ0) is 21.3. The number of amides is 1. The molecule has 1 saturated heterocycles. The first-order valence-corrected chi connectivity index (χ1v) is 9.72. The number of rotatable bonds is 6. The molecular formula is C19H18F3IN2O4. The molecule has 0 aliphatic carbocycles. The summed E-state index contributed by atoms with van der Waals surface area (Å²) in [5.74, 6) is -3.93. The lowest BCUT2D eigenvalue weighted by molar-refractivity contribution is -0.109. The average Bonchev–Trinajstić information content (AvgIpc) is 2.64. The molecule has 3 rings (SSSR count). The number of aliphatic hydroxyl groups is 3. The summed E-state index contributed by atoms with van der Waals surface area (Å²) in [6.45, 7) is -0.840. The Labute approximate surface area is 178 Å². The molecule has 2 aromatic rings. The van der Waals surface area contributed by atoms with Crippen LogP contribution in [0, 0.1) is 21.0 Å². The SMILES string of the molecule is O=C(c1ccc(F)c(F)c1Nc1ccc(I)cc1F)N1CC(O)(CC(O)CO)C1. The average molecular weight is 522 g/mol. The van der Waals surface area contributed by atoms with Gasteiger partial charge in [-0.15, -0.1) is 0 Å². The second-order valence-corrected chi connectivity index (χ2v) is 8.20. The molecule has 1 atom stereocenters. The number of nitrogens with one attached hydrogen (secondary N) is 1. The highest BCUT2D eigenvalue weighted by molar-refractivity contribution is 14.1. The van der Waals surface area contributed by atoms with E-state index in [1.165, 1.54) is 17.0 Å². The predicted octanol–water partition coefficient (Wildman–Crippen LogP) is 2.38. The van der Waals surface area contributed by atoms with Crippen LogP contribution in [0.15, 0.2) is 30.3 Å². The maximum atomic E-state index is 14.4. The van der Waals surface area contributed by atoms with Crippen molar-refractivity contribution in [1.82, 2.24) is 4.90 Å². The Morgan fingerprint density at radius 1 is 1.21 bits per heavy atom. The summed E-state index contributed by atoms with van der Waals surface area (Å²) in [6.07, 6.45) is -1.27. The van der Waals surface area contributed by atoms with Gasteiger partial charge >= 0.3 is 0 Å². The number of likely N-dealkylation sites (tertiary alicyclic amines) is 1. The molecule has 29 heavy (non-hydrogen) atoms. The number of nitrogens with zero attached hydrogens (tertiary/aromatic N) is 1. The summed E-state index contributed by atoms with van der Waals surface area (Å²) in [5, 5.41) is 31.1. The molecule has 10 heteroatoms. The first-order chi connectivity index (χ1) is 13.6. The minimum absolute atomic E-state index is 0.129. The number of anilines is 2. The van der Waals surface area contributed by atoms with Crippen LogP contribution in [-0.4, -0.2) is 57.5 Å². The number of aliphatic hydroxyl groups excluding tert-OH is 2. The smallest absolute Gasteiger partial charge is 0.256 e. The number of β-amino-alcohol motifs (C(OH)–C–C–N with tert-alkyl or cyclic N) is 1. The van der Waals surface area contributed by atoms with E-state index in [9.17, 15) is 28.2 Å². The van der Waals surface area contributed by atoms with E-state index in [1.807, 2.05) is 22.6 Å². The van der Waals surface area contributed by atoms with Gasteiger partial charge < -0.3 is 25.5 Å². The van der Waals surface area contributed by atoms with Crippen molar-refractivity contribution in [3.05, 3.63) is 56.9 Å². The molecule has 0 spiro atoms. The maximum absolute atomic E-state index is 14.4. The monoisotopic (exact) mass is 522 g/mol. The maximum Gasteiger partial charge on any atom is 0.256 e. The van der Waals surface area contributed by atoms with E-state index in [1.54, 1.807) is 6.07 Å². The lowest BCUT2D eigenvalue weighted by Gasteiger charge is -2.47. The van der Waals surface area contributed by atoms with Crippen molar-refractivity contribution < 1.29 is 33.3 Å². The van der Waals surface area contributed by atoms with Gasteiger partial charge in [0, 0.05) is 9.99 Å². The largest absolute Gasteiger partial charge is 0.394 e. The number of benzene rings is 2. The van der Waals surface area contributed by atoms with Crippen molar-refractivity contribution in [3.8, 4) is 0 Å². The van der Waals surface area contributed by atoms with Gasteiger partial charge in [0.25, 0.3) is 5.91 Å². The quantitative estimate of drug-likeness (QED) is 0.438. The molecule has 6 nitrogen and oxygen atoms in total. The molecule has 1 aliphatic rings. The third-order valence-corrected chi connectivity index (χ3v) is 5.27. The first kappa shape index (κ1) is 21.8. The van der Waals surface area contributed by atoms with Crippen LogP contribution in [0.2, 0.25) is 0 Å². The Morgan fingerprint density at radius 2 is 1.90 bits per heavy atom. The van der Waals surface area contributed by atoms with E-state index < -0.39 is 47.4 Å². The van der Waals surface area contributed by atoms with Crippen molar-refractivity contribution in [2.45, 2.75) is 18.1 Å². The van der Waals surface area contributed by atoms with E-state index in [-0.39, 0.29) is 30.8 Å². The Bertz CT molecular complexity index is 938. The van der Waals surface area contributed by atoms with Crippen LogP contribution in [0.3, 0.4) is 0 Å². The summed E-state index contributed by atoms with van der Waals surface area (Å²) in [7, 11) is 0. The fourth-order valence-corrected chi connectivity index (χ4v) is 3.64. The van der Waals surface area contributed by atoms with Crippen LogP contribution >= 0.6 is 22.6 Å².